The topological polar surface area (TPSA) is 106 Å². The van der Waals surface area contributed by atoms with Gasteiger partial charge >= 0.3 is 6.03 Å². The van der Waals surface area contributed by atoms with Gasteiger partial charge in [-0.3, -0.25) is 4.79 Å². The molecule has 1 atom stereocenters. The summed E-state index contributed by atoms with van der Waals surface area (Å²) in [5, 5.41) is 14.7. The van der Waals surface area contributed by atoms with Gasteiger partial charge in [-0.05, 0) is 49.2 Å². The number of hydrogen-bond donors (Lipinski definition) is 2. The second-order valence-corrected chi connectivity index (χ2v) is 8.70. The van der Waals surface area contributed by atoms with Gasteiger partial charge in [-0.1, -0.05) is 11.3 Å². The first-order valence-corrected chi connectivity index (χ1v) is 11.5. The van der Waals surface area contributed by atoms with Gasteiger partial charge in [0, 0.05) is 36.4 Å². The normalized spacial score (nSPS) is 15.5. The zero-order valence-corrected chi connectivity index (χ0v) is 19.5. The molecule has 1 saturated heterocycles. The van der Waals surface area contributed by atoms with E-state index in [1.807, 2.05) is 0 Å². The highest BCUT2D eigenvalue weighted by Gasteiger charge is 2.28. The van der Waals surface area contributed by atoms with Crippen LogP contribution in [0, 0.1) is 5.82 Å². The van der Waals surface area contributed by atoms with Crippen molar-refractivity contribution < 1.29 is 23.5 Å². The van der Waals surface area contributed by atoms with E-state index in [0.29, 0.717) is 41.0 Å². The number of rotatable bonds is 6. The van der Waals surface area contributed by atoms with Crippen LogP contribution >= 0.6 is 11.3 Å². The first-order valence-electron chi connectivity index (χ1n) is 10.6. The van der Waals surface area contributed by atoms with E-state index in [1.54, 1.807) is 30.2 Å². The van der Waals surface area contributed by atoms with E-state index in [2.05, 4.69) is 20.8 Å². The number of urea groups is 1. The summed E-state index contributed by atoms with van der Waals surface area (Å²) >= 11 is 1.20. The molecule has 1 aliphatic heterocycles. The highest BCUT2D eigenvalue weighted by atomic mass is 32.1. The summed E-state index contributed by atoms with van der Waals surface area (Å²) in [6, 6.07) is 10.4. The molecular formula is C23H24FN5O4S. The molecule has 2 N–H and O–H groups in total. The average Bonchev–Trinajstić information content (AvgIpc) is 3.36. The Morgan fingerprint density at radius 3 is 2.50 bits per heavy atom. The summed E-state index contributed by atoms with van der Waals surface area (Å²) < 4.78 is 23.6. The standard InChI is InChI=1S/C23H24FN5O4S/c1-32-18-10-9-17(12-19(18)33-2)26-23(31)29-11-3-4-14(13-29)21-27-28-22(34-21)20(30)25-16-7-5-15(24)6-8-16/h5-10,12,14H,3-4,11,13H2,1-2H3,(H,25,30)(H,26,31)/t14-/m1/s1. The van der Waals surface area contributed by atoms with Gasteiger partial charge in [0.1, 0.15) is 10.8 Å². The molecule has 0 unspecified atom stereocenters. The number of anilines is 2. The van der Waals surface area contributed by atoms with Crippen molar-refractivity contribution in [1.82, 2.24) is 15.1 Å². The molecule has 11 heteroatoms. The number of carbonyl (C=O) groups excluding carboxylic acids is 2. The van der Waals surface area contributed by atoms with E-state index in [1.165, 1.54) is 42.7 Å². The fourth-order valence-corrected chi connectivity index (χ4v) is 4.55. The van der Waals surface area contributed by atoms with Crippen LogP contribution in [0.15, 0.2) is 42.5 Å². The van der Waals surface area contributed by atoms with E-state index >= 15 is 0 Å². The summed E-state index contributed by atoms with van der Waals surface area (Å²) in [5.41, 5.74) is 1.07. The first-order chi connectivity index (χ1) is 16.5. The van der Waals surface area contributed by atoms with Crippen LogP contribution in [0.5, 0.6) is 11.5 Å². The van der Waals surface area contributed by atoms with Crippen molar-refractivity contribution in [3.8, 4) is 11.5 Å². The monoisotopic (exact) mass is 485 g/mol. The Labute approximate surface area is 199 Å². The Morgan fingerprint density at radius 2 is 1.76 bits per heavy atom. The smallest absolute Gasteiger partial charge is 0.321 e. The van der Waals surface area contributed by atoms with Crippen LogP contribution in [-0.2, 0) is 0 Å². The quantitative estimate of drug-likeness (QED) is 0.538. The number of nitrogens with one attached hydrogen (secondary N) is 2. The van der Waals surface area contributed by atoms with Gasteiger partial charge in [0.15, 0.2) is 11.5 Å². The SMILES string of the molecule is COc1ccc(NC(=O)N2CCC[C@@H](c3nnc(C(=O)Nc4ccc(F)cc4)s3)C2)cc1OC. The minimum absolute atomic E-state index is 0.0187. The molecule has 3 amide bonds. The third-order valence-corrected chi connectivity index (χ3v) is 6.51. The number of methoxy groups -OCH3 is 2. The van der Waals surface area contributed by atoms with Crippen LogP contribution in [0.3, 0.4) is 0 Å². The Morgan fingerprint density at radius 1 is 1.03 bits per heavy atom. The molecule has 0 aliphatic carbocycles. The molecule has 9 nitrogen and oxygen atoms in total. The molecule has 0 bridgehead atoms. The maximum absolute atomic E-state index is 13.1. The van der Waals surface area contributed by atoms with Gasteiger partial charge in [-0.2, -0.15) is 0 Å². The molecule has 1 aliphatic rings. The molecule has 4 rings (SSSR count). The number of aromatic nitrogens is 2. The first kappa shape index (κ1) is 23.4. The molecule has 0 spiro atoms. The van der Waals surface area contributed by atoms with Crippen molar-refractivity contribution in [2.75, 3.05) is 37.9 Å². The van der Waals surface area contributed by atoms with Gasteiger partial charge in [-0.15, -0.1) is 10.2 Å². The van der Waals surface area contributed by atoms with Crippen molar-refractivity contribution in [3.05, 3.63) is 58.3 Å². The minimum atomic E-state index is -0.408. The molecular weight excluding hydrogens is 461 g/mol. The fraction of sp³-hybridized carbons (Fsp3) is 0.304. The van der Waals surface area contributed by atoms with E-state index in [9.17, 15) is 14.0 Å². The lowest BCUT2D eigenvalue weighted by Crippen LogP contribution is -2.41. The zero-order chi connectivity index (χ0) is 24.1. The number of benzene rings is 2. The Balaban J connectivity index is 1.38. The van der Waals surface area contributed by atoms with Gasteiger partial charge in [0.05, 0.1) is 14.2 Å². The van der Waals surface area contributed by atoms with Gasteiger partial charge in [0.2, 0.25) is 5.01 Å². The lowest BCUT2D eigenvalue weighted by molar-refractivity contribution is 0.102. The van der Waals surface area contributed by atoms with Crippen molar-refractivity contribution in [2.45, 2.75) is 18.8 Å². The van der Waals surface area contributed by atoms with Crippen LogP contribution in [0.1, 0.15) is 33.6 Å². The number of halogens is 1. The fourth-order valence-electron chi connectivity index (χ4n) is 3.69. The predicted octanol–water partition coefficient (Wildman–Crippen LogP) is 4.36. The number of nitrogens with zero attached hydrogens (tertiary/aromatic N) is 3. The van der Waals surface area contributed by atoms with Crippen molar-refractivity contribution in [1.29, 1.82) is 0 Å². The van der Waals surface area contributed by atoms with Crippen LogP contribution in [0.2, 0.25) is 0 Å². The highest BCUT2D eigenvalue weighted by Crippen LogP contribution is 2.32. The third kappa shape index (κ3) is 5.42. The second kappa shape index (κ2) is 10.5. The average molecular weight is 486 g/mol. The van der Waals surface area contributed by atoms with E-state index in [-0.39, 0.29) is 22.8 Å². The van der Waals surface area contributed by atoms with Crippen LogP contribution in [0.25, 0.3) is 0 Å². The molecule has 34 heavy (non-hydrogen) atoms. The van der Waals surface area contributed by atoms with Gasteiger partial charge in [0.25, 0.3) is 5.91 Å². The number of carbonyl (C=O) groups is 2. The lowest BCUT2D eigenvalue weighted by atomic mass is 9.99. The highest BCUT2D eigenvalue weighted by molar-refractivity contribution is 7.13. The maximum atomic E-state index is 13.1. The summed E-state index contributed by atoms with van der Waals surface area (Å²) in [4.78, 5) is 27.1. The Kier molecular flexibility index (Phi) is 7.21. The van der Waals surface area contributed by atoms with Crippen molar-refractivity contribution in [3.63, 3.8) is 0 Å². The zero-order valence-electron chi connectivity index (χ0n) is 18.7. The Hall–Kier alpha value is -3.73. The predicted molar refractivity (Wildman–Crippen MR) is 126 cm³/mol. The van der Waals surface area contributed by atoms with E-state index in [0.717, 1.165) is 12.8 Å². The molecule has 1 aromatic heterocycles. The van der Waals surface area contributed by atoms with Gasteiger partial charge in [-0.25, -0.2) is 9.18 Å². The van der Waals surface area contributed by atoms with Crippen LogP contribution < -0.4 is 20.1 Å². The van der Waals surface area contributed by atoms with Crippen molar-refractivity contribution in [2.24, 2.45) is 0 Å². The molecule has 0 radical (unpaired) electrons. The lowest BCUT2D eigenvalue weighted by Gasteiger charge is -2.31. The molecule has 1 fully saturated rings. The third-order valence-electron chi connectivity index (χ3n) is 5.43. The molecule has 3 aromatic rings. The summed E-state index contributed by atoms with van der Waals surface area (Å²) in [6.07, 6.45) is 1.65. The molecule has 178 valence electrons. The Bertz CT molecular complexity index is 1170. The van der Waals surface area contributed by atoms with Gasteiger partial charge < -0.3 is 25.0 Å². The number of ether oxygens (including phenoxy) is 2. The number of amides is 3. The molecule has 2 heterocycles. The largest absolute Gasteiger partial charge is 0.493 e. The number of piperidine rings is 1. The summed E-state index contributed by atoms with van der Waals surface area (Å²) in [5.74, 6) is 0.295. The second-order valence-electron chi connectivity index (χ2n) is 7.69. The maximum Gasteiger partial charge on any atom is 0.321 e. The van der Waals surface area contributed by atoms with Crippen LogP contribution in [0.4, 0.5) is 20.6 Å². The summed E-state index contributed by atoms with van der Waals surface area (Å²) in [6.45, 7) is 1.08. The van der Waals surface area contributed by atoms with E-state index in [4.69, 9.17) is 9.47 Å². The van der Waals surface area contributed by atoms with E-state index < -0.39 is 5.91 Å². The molecule has 2 aromatic carbocycles. The number of hydrogen-bond acceptors (Lipinski definition) is 7. The number of likely N-dealkylation sites (tertiary alicyclic amines) is 1. The molecule has 0 saturated carbocycles. The van der Waals surface area contributed by atoms with Crippen molar-refractivity contribution >= 4 is 34.6 Å². The summed E-state index contributed by atoms with van der Waals surface area (Å²) in [7, 11) is 3.09. The van der Waals surface area contributed by atoms with Crippen LogP contribution in [-0.4, -0.2) is 54.3 Å². The minimum Gasteiger partial charge on any atom is -0.493 e.